The van der Waals surface area contributed by atoms with Crippen LogP contribution >= 0.6 is 11.6 Å². The zero-order chi connectivity index (χ0) is 13.2. The number of nitrogens with one attached hydrogen (secondary N) is 1. The molecular weight excluding hydrogens is 250 g/mol. The number of aromatic nitrogens is 2. The fraction of sp³-hybridized carbons (Fsp3) is 0.692. The fourth-order valence-electron chi connectivity index (χ4n) is 2.66. The molecule has 1 amide bonds. The van der Waals surface area contributed by atoms with Gasteiger partial charge in [0.05, 0.1) is 5.69 Å². The first kappa shape index (κ1) is 13.4. The fourth-order valence-corrected chi connectivity index (χ4v) is 3.03. The standard InChI is InChI=1S/C13H20ClN3O/c1-10-7-11(17(2)16-10)12(18)15-9-13(8-14)5-3-4-6-13/h7H,3-6,8-9H2,1-2H3,(H,15,18). The van der Waals surface area contributed by atoms with E-state index in [1.54, 1.807) is 17.8 Å². The van der Waals surface area contributed by atoms with E-state index in [1.165, 1.54) is 12.8 Å². The lowest BCUT2D eigenvalue weighted by molar-refractivity contribution is 0.0925. The van der Waals surface area contributed by atoms with Crippen LogP contribution in [-0.2, 0) is 7.05 Å². The van der Waals surface area contributed by atoms with Crippen molar-refractivity contribution in [1.29, 1.82) is 0 Å². The van der Waals surface area contributed by atoms with Crippen LogP contribution in [0, 0.1) is 12.3 Å². The SMILES string of the molecule is Cc1cc(C(=O)NCC2(CCl)CCCC2)n(C)n1. The Hall–Kier alpha value is -1.03. The highest BCUT2D eigenvalue weighted by atomic mass is 35.5. The lowest BCUT2D eigenvalue weighted by atomic mass is 9.88. The minimum atomic E-state index is -0.0607. The minimum Gasteiger partial charge on any atom is -0.350 e. The van der Waals surface area contributed by atoms with Crippen LogP contribution in [0.5, 0.6) is 0 Å². The molecule has 0 aromatic carbocycles. The second-order valence-corrected chi connectivity index (χ2v) is 5.59. The molecule has 1 aliphatic rings. The molecule has 0 saturated heterocycles. The Morgan fingerprint density at radius 1 is 1.56 bits per heavy atom. The molecule has 100 valence electrons. The summed E-state index contributed by atoms with van der Waals surface area (Å²) in [6, 6.07) is 1.80. The number of halogens is 1. The van der Waals surface area contributed by atoms with Gasteiger partial charge in [-0.1, -0.05) is 12.8 Å². The van der Waals surface area contributed by atoms with E-state index in [1.807, 2.05) is 6.92 Å². The van der Waals surface area contributed by atoms with E-state index in [0.29, 0.717) is 18.1 Å². The number of nitrogens with zero attached hydrogens (tertiary/aromatic N) is 2. The van der Waals surface area contributed by atoms with Crippen molar-refractivity contribution in [1.82, 2.24) is 15.1 Å². The molecule has 1 aromatic rings. The van der Waals surface area contributed by atoms with Gasteiger partial charge in [0, 0.05) is 24.9 Å². The summed E-state index contributed by atoms with van der Waals surface area (Å²) in [5.41, 5.74) is 1.57. The number of amides is 1. The molecule has 1 heterocycles. The largest absolute Gasteiger partial charge is 0.350 e. The van der Waals surface area contributed by atoms with Crippen LogP contribution < -0.4 is 5.32 Å². The van der Waals surface area contributed by atoms with E-state index in [2.05, 4.69) is 10.4 Å². The van der Waals surface area contributed by atoms with Crippen LogP contribution in [0.1, 0.15) is 41.9 Å². The van der Waals surface area contributed by atoms with Gasteiger partial charge in [-0.25, -0.2) is 0 Å². The van der Waals surface area contributed by atoms with Crippen LogP contribution in [0.15, 0.2) is 6.07 Å². The molecule has 5 heteroatoms. The van der Waals surface area contributed by atoms with Crippen molar-refractivity contribution in [2.24, 2.45) is 12.5 Å². The Balaban J connectivity index is 1.98. The highest BCUT2D eigenvalue weighted by Gasteiger charge is 2.33. The van der Waals surface area contributed by atoms with Gasteiger partial charge in [-0.3, -0.25) is 9.48 Å². The molecule has 0 atom stereocenters. The summed E-state index contributed by atoms with van der Waals surface area (Å²) in [6.07, 6.45) is 4.66. The molecule has 2 rings (SSSR count). The van der Waals surface area contributed by atoms with Crippen LogP contribution in [0.2, 0.25) is 0 Å². The zero-order valence-electron chi connectivity index (χ0n) is 11.0. The number of rotatable bonds is 4. The van der Waals surface area contributed by atoms with Gasteiger partial charge in [-0.05, 0) is 25.8 Å². The summed E-state index contributed by atoms with van der Waals surface area (Å²) in [5.74, 6) is 0.562. The van der Waals surface area contributed by atoms with E-state index in [9.17, 15) is 4.79 Å². The molecule has 1 fully saturated rings. The van der Waals surface area contributed by atoms with Crippen LogP contribution in [-0.4, -0.2) is 28.1 Å². The molecule has 1 N–H and O–H groups in total. The van der Waals surface area contributed by atoms with Crippen LogP contribution in [0.25, 0.3) is 0 Å². The quantitative estimate of drug-likeness (QED) is 0.853. The van der Waals surface area contributed by atoms with E-state index < -0.39 is 0 Å². The average Bonchev–Trinajstić information content (AvgIpc) is 2.94. The number of carbonyl (C=O) groups excluding carboxylic acids is 1. The van der Waals surface area contributed by atoms with E-state index in [0.717, 1.165) is 18.5 Å². The van der Waals surface area contributed by atoms with Gasteiger partial charge in [-0.2, -0.15) is 5.10 Å². The lowest BCUT2D eigenvalue weighted by Crippen LogP contribution is -2.37. The van der Waals surface area contributed by atoms with Crippen molar-refractivity contribution in [2.75, 3.05) is 12.4 Å². The third-order valence-electron chi connectivity index (χ3n) is 3.81. The third-order valence-corrected chi connectivity index (χ3v) is 4.37. The molecule has 0 spiro atoms. The molecule has 1 aliphatic carbocycles. The number of alkyl halides is 1. The van der Waals surface area contributed by atoms with E-state index in [4.69, 9.17) is 11.6 Å². The van der Waals surface area contributed by atoms with Gasteiger partial charge >= 0.3 is 0 Å². The zero-order valence-corrected chi connectivity index (χ0v) is 11.8. The Bertz CT molecular complexity index is 435. The molecule has 0 radical (unpaired) electrons. The van der Waals surface area contributed by atoms with Crippen LogP contribution in [0.3, 0.4) is 0 Å². The number of aryl methyl sites for hydroxylation is 2. The highest BCUT2D eigenvalue weighted by Crippen LogP contribution is 2.38. The Morgan fingerprint density at radius 2 is 2.22 bits per heavy atom. The first-order valence-corrected chi connectivity index (χ1v) is 6.95. The smallest absolute Gasteiger partial charge is 0.269 e. The van der Waals surface area contributed by atoms with Gasteiger partial charge in [0.1, 0.15) is 5.69 Å². The predicted molar refractivity (Wildman–Crippen MR) is 71.9 cm³/mol. The summed E-state index contributed by atoms with van der Waals surface area (Å²) >= 11 is 6.06. The van der Waals surface area contributed by atoms with Gasteiger partial charge in [0.25, 0.3) is 5.91 Å². The molecule has 18 heavy (non-hydrogen) atoms. The molecule has 0 unspecified atom stereocenters. The first-order valence-electron chi connectivity index (χ1n) is 6.41. The van der Waals surface area contributed by atoms with Crippen molar-refractivity contribution < 1.29 is 4.79 Å². The third kappa shape index (κ3) is 2.69. The Kier molecular flexibility index (Phi) is 3.95. The summed E-state index contributed by atoms with van der Waals surface area (Å²) < 4.78 is 1.62. The lowest BCUT2D eigenvalue weighted by Gasteiger charge is -2.26. The molecule has 4 nitrogen and oxygen atoms in total. The monoisotopic (exact) mass is 269 g/mol. The highest BCUT2D eigenvalue weighted by molar-refractivity contribution is 6.18. The number of carbonyl (C=O) groups is 1. The van der Waals surface area contributed by atoms with Crippen molar-refractivity contribution in [3.63, 3.8) is 0 Å². The normalized spacial score (nSPS) is 17.9. The second-order valence-electron chi connectivity index (χ2n) is 5.32. The molecule has 1 aromatic heterocycles. The van der Waals surface area contributed by atoms with Crippen LogP contribution in [0.4, 0.5) is 0 Å². The summed E-state index contributed by atoms with van der Waals surface area (Å²) in [4.78, 5) is 12.1. The minimum absolute atomic E-state index is 0.0607. The second kappa shape index (κ2) is 5.31. The van der Waals surface area contributed by atoms with E-state index in [-0.39, 0.29) is 11.3 Å². The average molecular weight is 270 g/mol. The maximum absolute atomic E-state index is 12.1. The molecule has 0 bridgehead atoms. The summed E-state index contributed by atoms with van der Waals surface area (Å²) in [6.45, 7) is 2.55. The molecule has 0 aliphatic heterocycles. The summed E-state index contributed by atoms with van der Waals surface area (Å²) in [5, 5.41) is 7.18. The van der Waals surface area contributed by atoms with Crippen molar-refractivity contribution in [3.8, 4) is 0 Å². The first-order chi connectivity index (χ1) is 8.56. The van der Waals surface area contributed by atoms with Gasteiger partial charge in [0.15, 0.2) is 0 Å². The maximum Gasteiger partial charge on any atom is 0.269 e. The number of hydrogen-bond donors (Lipinski definition) is 1. The van der Waals surface area contributed by atoms with Crippen molar-refractivity contribution >= 4 is 17.5 Å². The van der Waals surface area contributed by atoms with Crippen molar-refractivity contribution in [3.05, 3.63) is 17.5 Å². The van der Waals surface area contributed by atoms with Gasteiger partial charge < -0.3 is 5.32 Å². The van der Waals surface area contributed by atoms with E-state index >= 15 is 0 Å². The Morgan fingerprint density at radius 3 is 2.72 bits per heavy atom. The molecular formula is C13H20ClN3O. The van der Waals surface area contributed by atoms with Crippen molar-refractivity contribution in [2.45, 2.75) is 32.6 Å². The predicted octanol–water partition coefficient (Wildman–Crippen LogP) is 2.26. The van der Waals surface area contributed by atoms with Gasteiger partial charge in [0.2, 0.25) is 0 Å². The molecule has 1 saturated carbocycles. The summed E-state index contributed by atoms with van der Waals surface area (Å²) in [7, 11) is 1.79. The number of hydrogen-bond acceptors (Lipinski definition) is 2. The topological polar surface area (TPSA) is 46.9 Å². The Labute approximate surface area is 113 Å². The van der Waals surface area contributed by atoms with Gasteiger partial charge in [-0.15, -0.1) is 11.6 Å². The maximum atomic E-state index is 12.1.